The van der Waals surface area contributed by atoms with Gasteiger partial charge in [0.05, 0.1) is 4.88 Å². The largest absolute Gasteiger partial charge is 0.335 e. The highest BCUT2D eigenvalue weighted by atomic mass is 32.1. The normalized spacial score (nSPS) is 14.9. The molecule has 0 bridgehead atoms. The molecule has 0 aliphatic heterocycles. The number of carbonyl (C=O) groups is 1. The van der Waals surface area contributed by atoms with Crippen LogP contribution in [0.3, 0.4) is 0 Å². The Morgan fingerprint density at radius 3 is 2.75 bits per heavy atom. The summed E-state index contributed by atoms with van der Waals surface area (Å²) in [5.41, 5.74) is 0. The molecule has 20 heavy (non-hydrogen) atoms. The van der Waals surface area contributed by atoms with Crippen molar-refractivity contribution in [1.29, 1.82) is 0 Å². The lowest BCUT2D eigenvalue weighted by atomic mass is 10.1. The van der Waals surface area contributed by atoms with Crippen molar-refractivity contribution < 1.29 is 4.79 Å². The van der Waals surface area contributed by atoms with Crippen LogP contribution in [-0.4, -0.2) is 23.4 Å². The third-order valence-electron chi connectivity index (χ3n) is 3.83. The van der Waals surface area contributed by atoms with Crippen molar-refractivity contribution in [3.8, 4) is 0 Å². The van der Waals surface area contributed by atoms with Crippen molar-refractivity contribution in [2.45, 2.75) is 39.2 Å². The zero-order chi connectivity index (χ0) is 14.1. The fraction of sp³-hybridized carbons (Fsp3) is 0.471. The minimum Gasteiger partial charge on any atom is -0.335 e. The van der Waals surface area contributed by atoms with Gasteiger partial charge in [0.1, 0.15) is 0 Å². The molecule has 106 valence electrons. The van der Waals surface area contributed by atoms with Crippen LogP contribution in [-0.2, 0) is 0 Å². The fourth-order valence-electron chi connectivity index (χ4n) is 2.46. The van der Waals surface area contributed by atoms with Gasteiger partial charge in [-0.15, -0.1) is 11.3 Å². The Balaban J connectivity index is 1.81. The second-order valence-corrected chi connectivity index (χ2v) is 7.14. The van der Waals surface area contributed by atoms with Gasteiger partial charge in [-0.1, -0.05) is 32.0 Å². The number of fused-ring (bicyclic) bond motifs is 1. The average Bonchev–Trinajstić information content (AvgIpc) is 3.16. The Hall–Kier alpha value is -1.35. The van der Waals surface area contributed by atoms with E-state index in [1.807, 2.05) is 18.2 Å². The van der Waals surface area contributed by atoms with Crippen LogP contribution in [0.5, 0.6) is 0 Å². The van der Waals surface area contributed by atoms with Crippen LogP contribution in [0.2, 0.25) is 0 Å². The molecule has 1 aliphatic rings. The molecule has 2 nitrogen and oxygen atoms in total. The summed E-state index contributed by atoms with van der Waals surface area (Å²) in [4.78, 5) is 15.7. The van der Waals surface area contributed by atoms with E-state index in [0.717, 1.165) is 17.8 Å². The molecule has 1 amide bonds. The van der Waals surface area contributed by atoms with Crippen LogP contribution in [0, 0.1) is 5.92 Å². The van der Waals surface area contributed by atoms with E-state index in [1.165, 1.54) is 22.9 Å². The summed E-state index contributed by atoms with van der Waals surface area (Å²) < 4.78 is 1.20. The smallest absolute Gasteiger partial charge is 0.264 e. The summed E-state index contributed by atoms with van der Waals surface area (Å²) >= 11 is 1.62. The van der Waals surface area contributed by atoms with E-state index >= 15 is 0 Å². The molecule has 1 fully saturated rings. The average molecular weight is 287 g/mol. The standard InChI is InChI=1S/C17H21NOS/c1-12(2)9-10-18(14-7-8-14)17(19)16-11-13-5-3-4-6-15(13)20-16/h3-6,11-12,14H,7-10H2,1-2H3. The van der Waals surface area contributed by atoms with Crippen LogP contribution in [0.4, 0.5) is 0 Å². The second-order valence-electron chi connectivity index (χ2n) is 6.06. The zero-order valence-electron chi connectivity index (χ0n) is 12.1. The van der Waals surface area contributed by atoms with Gasteiger partial charge in [-0.3, -0.25) is 4.79 Å². The molecular formula is C17H21NOS. The Labute approximate surface area is 124 Å². The molecule has 0 atom stereocenters. The summed E-state index contributed by atoms with van der Waals surface area (Å²) in [6, 6.07) is 10.8. The van der Waals surface area contributed by atoms with Gasteiger partial charge in [-0.25, -0.2) is 0 Å². The molecule has 1 aromatic carbocycles. The Morgan fingerprint density at radius 2 is 2.10 bits per heavy atom. The molecule has 0 radical (unpaired) electrons. The third kappa shape index (κ3) is 2.88. The lowest BCUT2D eigenvalue weighted by Gasteiger charge is -2.22. The van der Waals surface area contributed by atoms with Gasteiger partial charge in [0.2, 0.25) is 0 Å². The summed E-state index contributed by atoms with van der Waals surface area (Å²) in [5, 5.41) is 1.18. The highest BCUT2D eigenvalue weighted by Crippen LogP contribution is 2.32. The monoisotopic (exact) mass is 287 g/mol. The minimum atomic E-state index is 0.231. The van der Waals surface area contributed by atoms with Crippen LogP contribution in [0.25, 0.3) is 10.1 Å². The predicted octanol–water partition coefficient (Wildman–Crippen LogP) is 4.55. The maximum atomic E-state index is 12.7. The first-order valence-corrected chi connectivity index (χ1v) is 8.26. The summed E-state index contributed by atoms with van der Waals surface area (Å²) in [6.07, 6.45) is 3.44. The minimum absolute atomic E-state index is 0.231. The Morgan fingerprint density at radius 1 is 1.35 bits per heavy atom. The quantitative estimate of drug-likeness (QED) is 0.790. The van der Waals surface area contributed by atoms with Crippen LogP contribution in [0.15, 0.2) is 30.3 Å². The van der Waals surface area contributed by atoms with Crippen LogP contribution in [0.1, 0.15) is 42.8 Å². The number of nitrogens with zero attached hydrogens (tertiary/aromatic N) is 1. The van der Waals surface area contributed by atoms with Crippen molar-refractivity contribution in [2.24, 2.45) is 5.92 Å². The van der Waals surface area contributed by atoms with Gasteiger partial charge in [-0.2, -0.15) is 0 Å². The topological polar surface area (TPSA) is 20.3 Å². The Bertz CT molecular complexity index is 579. The molecule has 3 rings (SSSR count). The molecule has 3 heteroatoms. The van der Waals surface area contributed by atoms with Crippen molar-refractivity contribution in [1.82, 2.24) is 4.90 Å². The van der Waals surface area contributed by atoms with E-state index in [4.69, 9.17) is 0 Å². The maximum absolute atomic E-state index is 12.7. The summed E-state index contributed by atoms with van der Waals surface area (Å²) in [6.45, 7) is 5.33. The second kappa shape index (κ2) is 5.57. The van der Waals surface area contributed by atoms with E-state index in [1.54, 1.807) is 11.3 Å². The number of hydrogen-bond donors (Lipinski definition) is 0. The number of thiophene rings is 1. The van der Waals surface area contributed by atoms with Crippen LogP contribution < -0.4 is 0 Å². The number of amides is 1. The van der Waals surface area contributed by atoms with E-state index in [0.29, 0.717) is 12.0 Å². The maximum Gasteiger partial charge on any atom is 0.264 e. The molecule has 0 unspecified atom stereocenters. The highest BCUT2D eigenvalue weighted by molar-refractivity contribution is 7.20. The van der Waals surface area contributed by atoms with E-state index in [-0.39, 0.29) is 5.91 Å². The van der Waals surface area contributed by atoms with Crippen molar-refractivity contribution in [2.75, 3.05) is 6.54 Å². The first kappa shape index (κ1) is 13.6. The van der Waals surface area contributed by atoms with E-state index in [2.05, 4.69) is 30.9 Å². The number of benzene rings is 1. The summed E-state index contributed by atoms with van der Waals surface area (Å²) in [7, 11) is 0. The molecule has 0 saturated heterocycles. The molecular weight excluding hydrogens is 266 g/mol. The molecule has 1 aromatic heterocycles. The van der Waals surface area contributed by atoms with Crippen molar-refractivity contribution in [3.63, 3.8) is 0 Å². The summed E-state index contributed by atoms with van der Waals surface area (Å²) in [5.74, 6) is 0.876. The lowest BCUT2D eigenvalue weighted by molar-refractivity contribution is 0.0740. The SMILES string of the molecule is CC(C)CCN(C(=O)c1cc2ccccc2s1)C1CC1. The van der Waals surface area contributed by atoms with Gasteiger partial charge in [-0.05, 0) is 42.7 Å². The van der Waals surface area contributed by atoms with Crippen LogP contribution >= 0.6 is 11.3 Å². The number of hydrogen-bond acceptors (Lipinski definition) is 2. The molecule has 2 aromatic rings. The van der Waals surface area contributed by atoms with Crippen molar-refractivity contribution >= 4 is 27.3 Å². The van der Waals surface area contributed by atoms with E-state index in [9.17, 15) is 4.79 Å². The first-order chi connectivity index (χ1) is 9.65. The molecule has 0 N–H and O–H groups in total. The van der Waals surface area contributed by atoms with Gasteiger partial charge in [0, 0.05) is 17.3 Å². The van der Waals surface area contributed by atoms with E-state index < -0.39 is 0 Å². The van der Waals surface area contributed by atoms with Gasteiger partial charge in [0.25, 0.3) is 5.91 Å². The van der Waals surface area contributed by atoms with Crippen molar-refractivity contribution in [3.05, 3.63) is 35.2 Å². The molecule has 1 aliphatic carbocycles. The molecule has 1 heterocycles. The third-order valence-corrected chi connectivity index (χ3v) is 4.94. The number of rotatable bonds is 5. The molecule has 1 saturated carbocycles. The first-order valence-electron chi connectivity index (χ1n) is 7.44. The fourth-order valence-corrected chi connectivity index (χ4v) is 3.48. The zero-order valence-corrected chi connectivity index (χ0v) is 13.0. The van der Waals surface area contributed by atoms with Gasteiger partial charge in [0.15, 0.2) is 0 Å². The Kier molecular flexibility index (Phi) is 3.79. The van der Waals surface area contributed by atoms with Gasteiger partial charge < -0.3 is 4.90 Å². The molecule has 0 spiro atoms. The lowest BCUT2D eigenvalue weighted by Crippen LogP contribution is -2.34. The number of carbonyl (C=O) groups excluding carboxylic acids is 1. The highest BCUT2D eigenvalue weighted by Gasteiger charge is 2.33. The van der Waals surface area contributed by atoms with Gasteiger partial charge >= 0.3 is 0 Å². The predicted molar refractivity (Wildman–Crippen MR) is 85.3 cm³/mol.